The van der Waals surface area contributed by atoms with Gasteiger partial charge in [-0.1, -0.05) is 13.8 Å². The zero-order valence-electron chi connectivity index (χ0n) is 13.8. The second kappa shape index (κ2) is 8.79. The third kappa shape index (κ3) is 6.39. The lowest BCUT2D eigenvalue weighted by Gasteiger charge is -2.18. The number of esters is 1. The minimum absolute atomic E-state index is 0.320. The molecule has 2 atom stereocenters. The van der Waals surface area contributed by atoms with Gasteiger partial charge in [-0.05, 0) is 44.0 Å². The van der Waals surface area contributed by atoms with Crippen molar-refractivity contribution in [3.63, 3.8) is 0 Å². The lowest BCUT2D eigenvalue weighted by molar-refractivity contribution is -0.160. The van der Waals surface area contributed by atoms with Crippen LogP contribution in [-0.4, -0.2) is 30.6 Å². The van der Waals surface area contributed by atoms with Gasteiger partial charge in [-0.3, -0.25) is 4.79 Å². The standard InChI is InChI=1S/C17H22N2O4/c1-11(2)10-19-16(20)12(3)23-17(21)13(4)22-15-7-5-14(9-18)6-8-15/h5-8,11-13H,10H2,1-4H3,(H,19,20)/t12-,13+/m0/s1. The zero-order chi connectivity index (χ0) is 17.4. The number of hydrogen-bond donors (Lipinski definition) is 1. The number of hydrogen-bond acceptors (Lipinski definition) is 5. The molecule has 0 saturated heterocycles. The van der Waals surface area contributed by atoms with Gasteiger partial charge < -0.3 is 14.8 Å². The van der Waals surface area contributed by atoms with E-state index in [9.17, 15) is 9.59 Å². The average Bonchev–Trinajstić information content (AvgIpc) is 2.52. The Balaban J connectivity index is 2.49. The van der Waals surface area contributed by atoms with Crippen LogP contribution in [0, 0.1) is 17.2 Å². The number of ether oxygens (including phenoxy) is 2. The van der Waals surface area contributed by atoms with Gasteiger partial charge in [0.2, 0.25) is 0 Å². The molecule has 0 saturated carbocycles. The van der Waals surface area contributed by atoms with Crippen LogP contribution >= 0.6 is 0 Å². The minimum Gasteiger partial charge on any atom is -0.479 e. The molecule has 1 N–H and O–H groups in total. The topological polar surface area (TPSA) is 88.4 Å². The quantitative estimate of drug-likeness (QED) is 0.777. The fourth-order valence-corrected chi connectivity index (χ4v) is 1.63. The van der Waals surface area contributed by atoms with E-state index in [1.54, 1.807) is 31.2 Å². The highest BCUT2D eigenvalue weighted by Crippen LogP contribution is 2.14. The summed E-state index contributed by atoms with van der Waals surface area (Å²) in [4.78, 5) is 23.7. The van der Waals surface area contributed by atoms with Gasteiger partial charge in [-0.15, -0.1) is 0 Å². The van der Waals surface area contributed by atoms with E-state index in [1.807, 2.05) is 19.9 Å². The summed E-state index contributed by atoms with van der Waals surface area (Å²) in [5, 5.41) is 11.4. The number of nitrogens with zero attached hydrogens (tertiary/aromatic N) is 1. The lowest BCUT2D eigenvalue weighted by atomic mass is 10.2. The number of amides is 1. The highest BCUT2D eigenvalue weighted by Gasteiger charge is 2.23. The molecule has 0 bridgehead atoms. The smallest absolute Gasteiger partial charge is 0.347 e. The normalized spacial score (nSPS) is 12.9. The molecule has 124 valence electrons. The number of rotatable bonds is 7. The summed E-state index contributed by atoms with van der Waals surface area (Å²) in [5.74, 6) is -0.190. The van der Waals surface area contributed by atoms with Crippen molar-refractivity contribution in [2.75, 3.05) is 6.54 Å². The van der Waals surface area contributed by atoms with Gasteiger partial charge in [0.25, 0.3) is 5.91 Å². The number of nitriles is 1. The average molecular weight is 318 g/mol. The molecule has 23 heavy (non-hydrogen) atoms. The molecule has 0 aliphatic heterocycles. The molecule has 1 aromatic carbocycles. The highest BCUT2D eigenvalue weighted by atomic mass is 16.6. The number of carbonyl (C=O) groups excluding carboxylic acids is 2. The lowest BCUT2D eigenvalue weighted by Crippen LogP contribution is -2.40. The van der Waals surface area contributed by atoms with Crippen LogP contribution in [-0.2, 0) is 14.3 Å². The Hall–Kier alpha value is -2.55. The molecular weight excluding hydrogens is 296 g/mol. The molecule has 6 nitrogen and oxygen atoms in total. The van der Waals surface area contributed by atoms with Crippen molar-refractivity contribution >= 4 is 11.9 Å². The van der Waals surface area contributed by atoms with E-state index in [0.717, 1.165) is 0 Å². The maximum atomic E-state index is 11.9. The molecule has 0 fully saturated rings. The molecule has 1 aromatic rings. The Morgan fingerprint density at radius 2 is 1.74 bits per heavy atom. The van der Waals surface area contributed by atoms with Crippen LogP contribution in [0.1, 0.15) is 33.3 Å². The maximum absolute atomic E-state index is 11.9. The van der Waals surface area contributed by atoms with Crippen LogP contribution in [0.5, 0.6) is 5.75 Å². The molecule has 0 aliphatic carbocycles. The monoisotopic (exact) mass is 318 g/mol. The van der Waals surface area contributed by atoms with Crippen LogP contribution in [0.25, 0.3) is 0 Å². The maximum Gasteiger partial charge on any atom is 0.347 e. The summed E-state index contributed by atoms with van der Waals surface area (Å²) in [7, 11) is 0. The molecule has 0 spiro atoms. The predicted molar refractivity (Wildman–Crippen MR) is 84.6 cm³/mol. The molecule has 0 unspecified atom stereocenters. The van der Waals surface area contributed by atoms with Crippen LogP contribution in [0.4, 0.5) is 0 Å². The van der Waals surface area contributed by atoms with E-state index in [4.69, 9.17) is 14.7 Å². The Morgan fingerprint density at radius 3 is 2.26 bits per heavy atom. The fraction of sp³-hybridized carbons (Fsp3) is 0.471. The molecule has 0 aliphatic rings. The van der Waals surface area contributed by atoms with E-state index in [1.165, 1.54) is 6.92 Å². The summed E-state index contributed by atoms with van der Waals surface area (Å²) < 4.78 is 10.5. The molecular formula is C17H22N2O4. The molecule has 0 aromatic heterocycles. The van der Waals surface area contributed by atoms with Crippen molar-refractivity contribution in [1.29, 1.82) is 5.26 Å². The van der Waals surface area contributed by atoms with E-state index in [2.05, 4.69) is 5.32 Å². The first-order chi connectivity index (χ1) is 10.8. The van der Waals surface area contributed by atoms with Crippen molar-refractivity contribution < 1.29 is 19.1 Å². The van der Waals surface area contributed by atoms with Crippen LogP contribution < -0.4 is 10.1 Å². The van der Waals surface area contributed by atoms with Crippen LogP contribution in [0.15, 0.2) is 24.3 Å². The minimum atomic E-state index is -0.881. The highest BCUT2D eigenvalue weighted by molar-refractivity contribution is 5.84. The first-order valence-electron chi connectivity index (χ1n) is 7.48. The Bertz CT molecular complexity index is 575. The largest absolute Gasteiger partial charge is 0.479 e. The van der Waals surface area contributed by atoms with Crippen molar-refractivity contribution in [3.05, 3.63) is 29.8 Å². The zero-order valence-corrected chi connectivity index (χ0v) is 13.8. The van der Waals surface area contributed by atoms with Gasteiger partial charge in [0, 0.05) is 6.54 Å². The third-order valence-corrected chi connectivity index (χ3v) is 2.97. The van der Waals surface area contributed by atoms with Crippen molar-refractivity contribution in [1.82, 2.24) is 5.32 Å². The van der Waals surface area contributed by atoms with Gasteiger partial charge in [0.1, 0.15) is 5.75 Å². The van der Waals surface area contributed by atoms with Crippen molar-refractivity contribution in [3.8, 4) is 11.8 Å². The van der Waals surface area contributed by atoms with Gasteiger partial charge in [-0.25, -0.2) is 4.79 Å². The van der Waals surface area contributed by atoms with Crippen LogP contribution in [0.2, 0.25) is 0 Å². The fourth-order valence-electron chi connectivity index (χ4n) is 1.63. The molecule has 1 rings (SSSR count). The first kappa shape index (κ1) is 18.5. The van der Waals surface area contributed by atoms with Crippen LogP contribution in [0.3, 0.4) is 0 Å². The Kier molecular flexibility index (Phi) is 7.07. The summed E-state index contributed by atoms with van der Waals surface area (Å²) in [6.45, 7) is 7.54. The van der Waals surface area contributed by atoms with E-state index >= 15 is 0 Å². The second-order valence-corrected chi connectivity index (χ2v) is 5.61. The Labute approximate surface area is 136 Å². The molecule has 6 heteroatoms. The summed E-state index contributed by atoms with van der Waals surface area (Å²) in [5.41, 5.74) is 0.503. The van der Waals surface area contributed by atoms with Gasteiger partial charge >= 0.3 is 5.97 Å². The second-order valence-electron chi connectivity index (χ2n) is 5.61. The third-order valence-electron chi connectivity index (χ3n) is 2.97. The number of benzene rings is 1. The van der Waals surface area contributed by atoms with Gasteiger partial charge in [0.05, 0.1) is 11.6 Å². The molecule has 0 radical (unpaired) electrons. The van der Waals surface area contributed by atoms with E-state index < -0.39 is 18.2 Å². The number of carbonyl (C=O) groups is 2. The summed E-state index contributed by atoms with van der Waals surface area (Å²) in [6.07, 6.45) is -1.74. The summed E-state index contributed by atoms with van der Waals surface area (Å²) >= 11 is 0. The SMILES string of the molecule is CC(C)CNC(=O)[C@H](C)OC(=O)[C@@H](C)Oc1ccc(C#N)cc1. The summed E-state index contributed by atoms with van der Waals surface area (Å²) in [6, 6.07) is 8.38. The molecule has 0 heterocycles. The van der Waals surface area contributed by atoms with E-state index in [-0.39, 0.29) is 5.91 Å². The number of nitrogens with one attached hydrogen (secondary N) is 1. The van der Waals surface area contributed by atoms with Crippen molar-refractivity contribution in [2.24, 2.45) is 5.92 Å². The van der Waals surface area contributed by atoms with E-state index in [0.29, 0.717) is 23.8 Å². The van der Waals surface area contributed by atoms with Crippen molar-refractivity contribution in [2.45, 2.75) is 39.9 Å². The Morgan fingerprint density at radius 1 is 1.13 bits per heavy atom. The van der Waals surface area contributed by atoms with Gasteiger partial charge in [0.15, 0.2) is 12.2 Å². The predicted octanol–water partition coefficient (Wildman–Crippen LogP) is 2.03. The molecule has 1 amide bonds. The first-order valence-corrected chi connectivity index (χ1v) is 7.48. The van der Waals surface area contributed by atoms with Gasteiger partial charge in [-0.2, -0.15) is 5.26 Å².